The van der Waals surface area contributed by atoms with Gasteiger partial charge in [0.2, 0.25) is 0 Å². The summed E-state index contributed by atoms with van der Waals surface area (Å²) in [6.07, 6.45) is 0. The Morgan fingerprint density at radius 3 is 2.61 bits per heavy atom. The van der Waals surface area contributed by atoms with Crippen molar-refractivity contribution in [1.29, 1.82) is 0 Å². The number of esters is 1. The van der Waals surface area contributed by atoms with Crippen molar-refractivity contribution in [2.45, 2.75) is 0 Å². The maximum absolute atomic E-state index is 11.7. The molecule has 0 aliphatic heterocycles. The molecule has 0 saturated carbocycles. The molecule has 0 aliphatic carbocycles. The van der Waals surface area contributed by atoms with E-state index < -0.39 is 0 Å². The molecule has 3 aromatic rings. The standard InChI is InChI=1S/C16H13N3O2S.ClH/c1-21-15(20)12-8-5-9-13(10-12)19-14(18-16(17)22-19)11-6-3-2-4-7-11;/h2-10,17H,1H3;1H. The number of benzene rings is 2. The maximum Gasteiger partial charge on any atom is 0.350 e. The van der Waals surface area contributed by atoms with Crippen LogP contribution in [-0.2, 0) is 4.74 Å². The Morgan fingerprint density at radius 1 is 1.17 bits per heavy atom. The molecule has 7 heteroatoms. The first kappa shape index (κ1) is 16.9. The van der Waals surface area contributed by atoms with E-state index in [2.05, 4.69) is 4.98 Å². The number of carbonyl (C=O) groups excluding carboxylic acids is 1. The van der Waals surface area contributed by atoms with Gasteiger partial charge in [-0.05, 0) is 29.2 Å². The van der Waals surface area contributed by atoms with E-state index in [1.807, 2.05) is 40.4 Å². The van der Waals surface area contributed by atoms with Crippen LogP contribution in [-0.4, -0.2) is 18.1 Å². The number of ether oxygens (including phenoxy) is 1. The maximum atomic E-state index is 11.7. The van der Waals surface area contributed by atoms with Crippen LogP contribution in [0.5, 0.6) is 0 Å². The van der Waals surface area contributed by atoms with Crippen LogP contribution in [0, 0.1) is 0 Å². The van der Waals surface area contributed by atoms with Gasteiger partial charge in [0.1, 0.15) is 17.2 Å². The van der Waals surface area contributed by atoms with Gasteiger partial charge in [-0.15, -0.1) is 3.96 Å². The number of anilines is 1. The second-order valence-corrected chi connectivity index (χ2v) is 5.53. The Bertz CT molecular complexity index is 821. The van der Waals surface area contributed by atoms with Crippen LogP contribution >= 0.6 is 11.5 Å². The van der Waals surface area contributed by atoms with Crippen LogP contribution < -0.4 is 22.1 Å². The van der Waals surface area contributed by atoms with Gasteiger partial charge in [-0.2, -0.15) is 0 Å². The number of nitrogens with zero attached hydrogens (tertiary/aromatic N) is 2. The highest BCUT2D eigenvalue weighted by Gasteiger charge is 2.23. The first-order chi connectivity index (χ1) is 10.7. The Labute approximate surface area is 143 Å². The van der Waals surface area contributed by atoms with Crippen molar-refractivity contribution in [2.24, 2.45) is 0 Å². The van der Waals surface area contributed by atoms with Gasteiger partial charge in [0.15, 0.2) is 0 Å². The monoisotopic (exact) mass is 347 g/mol. The molecule has 0 unspecified atom stereocenters. The number of nitrogen functional groups attached to an aromatic ring is 1. The minimum atomic E-state index is -0.374. The zero-order valence-electron chi connectivity index (χ0n) is 12.3. The summed E-state index contributed by atoms with van der Waals surface area (Å²) in [5.41, 5.74) is 8.13. The Kier molecular flexibility index (Phi) is 5.31. The quantitative estimate of drug-likeness (QED) is 0.510. The summed E-state index contributed by atoms with van der Waals surface area (Å²) in [6, 6.07) is 16.9. The van der Waals surface area contributed by atoms with E-state index in [0.717, 1.165) is 17.1 Å². The fourth-order valence-electron chi connectivity index (χ4n) is 2.13. The van der Waals surface area contributed by atoms with Gasteiger partial charge >= 0.3 is 16.9 Å². The third kappa shape index (κ3) is 3.49. The summed E-state index contributed by atoms with van der Waals surface area (Å²) >= 11 is 1.32. The number of aromatic nitrogens is 2. The summed E-state index contributed by atoms with van der Waals surface area (Å²) in [5, 5.41) is 0.460. The molecular weight excluding hydrogens is 334 g/mol. The van der Waals surface area contributed by atoms with E-state index in [9.17, 15) is 4.79 Å². The van der Waals surface area contributed by atoms with Crippen LogP contribution in [0.25, 0.3) is 17.1 Å². The first-order valence-electron chi connectivity index (χ1n) is 6.62. The van der Waals surface area contributed by atoms with E-state index in [1.165, 1.54) is 18.6 Å². The highest BCUT2D eigenvalue weighted by atomic mass is 35.5. The topological polar surface area (TPSA) is 69.1 Å². The highest BCUT2D eigenvalue weighted by molar-refractivity contribution is 7.05. The van der Waals surface area contributed by atoms with Gasteiger partial charge in [0, 0.05) is 6.07 Å². The third-order valence-corrected chi connectivity index (χ3v) is 3.97. The van der Waals surface area contributed by atoms with E-state index in [-0.39, 0.29) is 18.4 Å². The van der Waals surface area contributed by atoms with Crippen LogP contribution in [0.1, 0.15) is 10.4 Å². The van der Waals surface area contributed by atoms with E-state index in [1.54, 1.807) is 18.2 Å². The second-order valence-electron chi connectivity index (χ2n) is 4.57. The number of hydrogen-bond acceptors (Lipinski definition) is 5. The molecule has 2 N–H and O–H groups in total. The number of carbonyl (C=O) groups is 1. The molecule has 0 aliphatic rings. The molecule has 1 aromatic heterocycles. The minimum Gasteiger partial charge on any atom is -1.00 e. The molecule has 0 spiro atoms. The van der Waals surface area contributed by atoms with Crippen LogP contribution in [0.15, 0.2) is 54.6 Å². The molecule has 0 radical (unpaired) electrons. The van der Waals surface area contributed by atoms with E-state index >= 15 is 0 Å². The highest BCUT2D eigenvalue weighted by Crippen LogP contribution is 2.20. The Hall–Kier alpha value is -2.44. The van der Waals surface area contributed by atoms with Gasteiger partial charge in [-0.3, -0.25) is 0 Å². The lowest BCUT2D eigenvalue weighted by Gasteiger charge is -2.01. The van der Waals surface area contributed by atoms with Crippen molar-refractivity contribution < 1.29 is 25.9 Å². The average molecular weight is 348 g/mol. The molecule has 0 bridgehead atoms. The van der Waals surface area contributed by atoms with Crippen LogP contribution in [0.2, 0.25) is 0 Å². The lowest BCUT2D eigenvalue weighted by Crippen LogP contribution is -3.00. The van der Waals surface area contributed by atoms with Crippen molar-refractivity contribution in [2.75, 3.05) is 12.8 Å². The van der Waals surface area contributed by atoms with E-state index in [0.29, 0.717) is 10.7 Å². The molecule has 2 aromatic carbocycles. The number of hydrogen-bond donors (Lipinski definition) is 1. The van der Waals surface area contributed by atoms with Crippen molar-refractivity contribution in [3.05, 3.63) is 60.2 Å². The van der Waals surface area contributed by atoms with Crippen LogP contribution in [0.4, 0.5) is 5.13 Å². The van der Waals surface area contributed by atoms with Gasteiger partial charge in [-0.25, -0.2) is 4.79 Å². The molecule has 0 atom stereocenters. The predicted molar refractivity (Wildman–Crippen MR) is 84.8 cm³/mol. The largest absolute Gasteiger partial charge is 1.00 e. The van der Waals surface area contributed by atoms with Crippen molar-refractivity contribution in [3.63, 3.8) is 0 Å². The second kappa shape index (κ2) is 7.21. The fourth-order valence-corrected chi connectivity index (χ4v) is 2.89. The molecular formula is C16H14ClN3O2S. The van der Waals surface area contributed by atoms with Gasteiger partial charge in [-0.1, -0.05) is 24.3 Å². The molecule has 0 fully saturated rings. The molecule has 0 amide bonds. The molecule has 3 rings (SSSR count). The summed E-state index contributed by atoms with van der Waals surface area (Å²) in [4.78, 5) is 16.1. The predicted octanol–water partition coefficient (Wildman–Crippen LogP) is -0.540. The van der Waals surface area contributed by atoms with Gasteiger partial charge < -0.3 is 22.9 Å². The average Bonchev–Trinajstić information content (AvgIpc) is 2.97. The number of halogens is 1. The molecule has 23 heavy (non-hydrogen) atoms. The minimum absolute atomic E-state index is 0. The lowest BCUT2D eigenvalue weighted by molar-refractivity contribution is -0.509. The SMILES string of the molecule is COC(=O)c1cccc(-[n+]2sc(N)nc2-c2ccccc2)c1.[Cl-]. The number of nitrogens with two attached hydrogens (primary N) is 1. The smallest absolute Gasteiger partial charge is 0.350 e. The van der Waals surface area contributed by atoms with Crippen LogP contribution in [0.3, 0.4) is 0 Å². The van der Waals surface area contributed by atoms with E-state index in [4.69, 9.17) is 10.5 Å². The zero-order valence-corrected chi connectivity index (χ0v) is 13.8. The number of methoxy groups -OCH3 is 1. The Balaban J connectivity index is 0.00000192. The van der Waals surface area contributed by atoms with Crippen molar-refractivity contribution in [1.82, 2.24) is 4.98 Å². The normalized spacial score (nSPS) is 9.96. The summed E-state index contributed by atoms with van der Waals surface area (Å²) in [6.45, 7) is 0. The summed E-state index contributed by atoms with van der Waals surface area (Å²) < 4.78 is 6.66. The zero-order chi connectivity index (χ0) is 15.5. The Morgan fingerprint density at radius 2 is 1.91 bits per heavy atom. The molecule has 0 saturated heterocycles. The van der Waals surface area contributed by atoms with Crippen molar-refractivity contribution >= 4 is 22.6 Å². The summed E-state index contributed by atoms with van der Waals surface area (Å²) in [7, 11) is 1.36. The lowest BCUT2D eigenvalue weighted by atomic mass is 10.2. The summed E-state index contributed by atoms with van der Waals surface area (Å²) in [5.74, 6) is 0.367. The third-order valence-electron chi connectivity index (χ3n) is 3.13. The van der Waals surface area contributed by atoms with Gasteiger partial charge in [0.25, 0.3) is 0 Å². The fraction of sp³-hybridized carbons (Fsp3) is 0.0625. The van der Waals surface area contributed by atoms with Gasteiger partial charge in [0.05, 0.1) is 18.2 Å². The first-order valence-corrected chi connectivity index (χ1v) is 7.39. The van der Waals surface area contributed by atoms with Crippen molar-refractivity contribution in [3.8, 4) is 17.1 Å². The molecule has 118 valence electrons. The number of rotatable bonds is 3. The molecule has 1 heterocycles. The molecule has 5 nitrogen and oxygen atoms in total.